The van der Waals surface area contributed by atoms with Gasteiger partial charge < -0.3 is 10.1 Å². The number of hydrogen-bond donors (Lipinski definition) is 2. The molecule has 0 aliphatic heterocycles. The number of methoxy groups -OCH3 is 1. The molecule has 0 radical (unpaired) electrons. The second kappa shape index (κ2) is 8.84. The highest BCUT2D eigenvalue weighted by atomic mass is 32.1. The molecule has 1 heterocycles. The molecule has 0 saturated carbocycles. The highest BCUT2D eigenvalue weighted by Crippen LogP contribution is 2.27. The first-order valence-electron chi connectivity index (χ1n) is 9.18. The third-order valence-corrected chi connectivity index (χ3v) is 4.94. The Morgan fingerprint density at radius 2 is 1.96 bits per heavy atom. The van der Waals surface area contributed by atoms with Gasteiger partial charge in [-0.3, -0.25) is 14.5 Å². The lowest BCUT2D eigenvalue weighted by molar-refractivity contribution is -0.122. The molecule has 1 aromatic heterocycles. The number of H-pyrrole nitrogens is 1. The maximum atomic E-state index is 12.8. The molecule has 0 bridgehead atoms. The van der Waals surface area contributed by atoms with Crippen molar-refractivity contribution in [2.75, 3.05) is 7.11 Å². The van der Waals surface area contributed by atoms with E-state index in [1.807, 2.05) is 62.4 Å². The van der Waals surface area contributed by atoms with Gasteiger partial charge in [-0.2, -0.15) is 5.10 Å². The number of benzene rings is 2. The van der Waals surface area contributed by atoms with E-state index in [1.165, 1.54) is 0 Å². The Morgan fingerprint density at radius 3 is 2.64 bits per heavy atom. The van der Waals surface area contributed by atoms with Crippen LogP contribution in [0.25, 0.3) is 11.4 Å². The molecular formula is C21H24N4O2S. The number of aromatic nitrogens is 3. The largest absolute Gasteiger partial charge is 0.496 e. The predicted molar refractivity (Wildman–Crippen MR) is 112 cm³/mol. The molecule has 1 amide bonds. The number of carbonyl (C=O) groups excluding carboxylic acids is 1. The standard InChI is InChI=1S/C21H24N4O2S/c1-4-17(16-7-5-6-8-18(16)27-3)22-19(26)13-25-20(23-24-21(25)28)15-11-9-14(2)10-12-15/h5-12,17H,4,13H2,1-3H3,(H,22,26)(H,24,28). The number of hydrogen-bond acceptors (Lipinski definition) is 4. The number of nitrogens with zero attached hydrogens (tertiary/aromatic N) is 2. The molecule has 2 aromatic carbocycles. The normalized spacial score (nSPS) is 11.8. The number of para-hydroxylation sites is 1. The van der Waals surface area contributed by atoms with Gasteiger partial charge in [0.2, 0.25) is 5.91 Å². The zero-order valence-electron chi connectivity index (χ0n) is 16.2. The summed E-state index contributed by atoms with van der Waals surface area (Å²) >= 11 is 5.34. The van der Waals surface area contributed by atoms with E-state index in [9.17, 15) is 4.79 Å². The minimum atomic E-state index is -0.146. The molecule has 7 heteroatoms. The number of carbonyl (C=O) groups is 1. The smallest absolute Gasteiger partial charge is 0.240 e. The Hall–Kier alpha value is -2.93. The first-order valence-corrected chi connectivity index (χ1v) is 9.58. The van der Waals surface area contributed by atoms with E-state index >= 15 is 0 Å². The van der Waals surface area contributed by atoms with E-state index in [0.29, 0.717) is 10.6 Å². The number of nitrogens with one attached hydrogen (secondary N) is 2. The summed E-state index contributed by atoms with van der Waals surface area (Å²) in [5.41, 5.74) is 3.02. The van der Waals surface area contributed by atoms with Crippen molar-refractivity contribution in [2.45, 2.75) is 32.9 Å². The Morgan fingerprint density at radius 1 is 1.25 bits per heavy atom. The minimum absolute atomic E-state index is 0.0875. The van der Waals surface area contributed by atoms with Crippen LogP contribution >= 0.6 is 12.2 Å². The maximum absolute atomic E-state index is 12.8. The molecule has 1 unspecified atom stereocenters. The van der Waals surface area contributed by atoms with Gasteiger partial charge in [0.05, 0.1) is 13.2 Å². The van der Waals surface area contributed by atoms with Crippen LogP contribution in [0, 0.1) is 11.7 Å². The van der Waals surface area contributed by atoms with Gasteiger partial charge in [0.25, 0.3) is 0 Å². The van der Waals surface area contributed by atoms with Gasteiger partial charge in [0, 0.05) is 11.1 Å². The Bertz CT molecular complexity index is 1010. The van der Waals surface area contributed by atoms with E-state index < -0.39 is 0 Å². The lowest BCUT2D eigenvalue weighted by Gasteiger charge is -2.20. The molecular weight excluding hydrogens is 372 g/mol. The summed E-state index contributed by atoms with van der Waals surface area (Å²) < 4.78 is 7.56. The van der Waals surface area contributed by atoms with Crippen molar-refractivity contribution in [3.05, 3.63) is 64.4 Å². The van der Waals surface area contributed by atoms with Crippen LogP contribution in [0.4, 0.5) is 0 Å². The zero-order valence-corrected chi connectivity index (χ0v) is 17.0. The number of aromatic amines is 1. The van der Waals surface area contributed by atoms with E-state index in [4.69, 9.17) is 17.0 Å². The highest BCUT2D eigenvalue weighted by molar-refractivity contribution is 7.71. The van der Waals surface area contributed by atoms with Crippen LogP contribution in [0.15, 0.2) is 48.5 Å². The van der Waals surface area contributed by atoms with E-state index in [0.717, 1.165) is 28.9 Å². The zero-order chi connectivity index (χ0) is 20.1. The third kappa shape index (κ3) is 4.31. The fourth-order valence-electron chi connectivity index (χ4n) is 3.12. The van der Waals surface area contributed by atoms with Gasteiger partial charge in [-0.05, 0) is 31.6 Å². The van der Waals surface area contributed by atoms with Gasteiger partial charge in [-0.25, -0.2) is 0 Å². The van der Waals surface area contributed by atoms with E-state index in [2.05, 4.69) is 15.5 Å². The fourth-order valence-corrected chi connectivity index (χ4v) is 3.32. The van der Waals surface area contributed by atoms with Crippen molar-refractivity contribution in [3.63, 3.8) is 0 Å². The summed E-state index contributed by atoms with van der Waals surface area (Å²) in [6.07, 6.45) is 0.744. The molecule has 0 aliphatic rings. The summed E-state index contributed by atoms with van der Waals surface area (Å²) in [6, 6.07) is 15.5. The average molecular weight is 397 g/mol. The average Bonchev–Trinajstić information content (AvgIpc) is 3.07. The number of amides is 1. The minimum Gasteiger partial charge on any atom is -0.496 e. The molecule has 6 nitrogen and oxygen atoms in total. The summed E-state index contributed by atoms with van der Waals surface area (Å²) in [7, 11) is 1.63. The molecule has 0 spiro atoms. The quantitative estimate of drug-likeness (QED) is 0.588. The van der Waals surface area contributed by atoms with Crippen LogP contribution in [0.3, 0.4) is 0 Å². The van der Waals surface area contributed by atoms with Crippen LogP contribution in [-0.4, -0.2) is 27.8 Å². The molecule has 0 aliphatic carbocycles. The first kappa shape index (κ1) is 19.8. The Labute approximate surface area is 169 Å². The van der Waals surface area contributed by atoms with Crippen molar-refractivity contribution >= 4 is 18.1 Å². The first-order chi connectivity index (χ1) is 13.5. The van der Waals surface area contributed by atoms with Crippen molar-refractivity contribution in [3.8, 4) is 17.1 Å². The van der Waals surface area contributed by atoms with Crippen molar-refractivity contribution < 1.29 is 9.53 Å². The summed E-state index contributed by atoms with van der Waals surface area (Å²) in [6.45, 7) is 4.14. The summed E-state index contributed by atoms with van der Waals surface area (Å²) in [5.74, 6) is 1.27. The van der Waals surface area contributed by atoms with Crippen molar-refractivity contribution in [1.29, 1.82) is 0 Å². The molecule has 28 heavy (non-hydrogen) atoms. The van der Waals surface area contributed by atoms with Gasteiger partial charge in [-0.15, -0.1) is 0 Å². The molecule has 0 fully saturated rings. The number of aryl methyl sites for hydroxylation is 1. The van der Waals surface area contributed by atoms with Gasteiger partial charge in [0.1, 0.15) is 12.3 Å². The predicted octanol–water partition coefficient (Wildman–Crippen LogP) is 4.19. The van der Waals surface area contributed by atoms with Crippen LogP contribution in [-0.2, 0) is 11.3 Å². The topological polar surface area (TPSA) is 71.9 Å². The number of rotatable bonds is 7. The molecule has 0 saturated heterocycles. The van der Waals surface area contributed by atoms with Crippen LogP contribution in [0.1, 0.15) is 30.5 Å². The number of ether oxygens (including phenoxy) is 1. The third-order valence-electron chi connectivity index (χ3n) is 4.63. The van der Waals surface area contributed by atoms with Gasteiger partial charge >= 0.3 is 0 Å². The molecule has 3 aromatic rings. The second-order valence-corrected chi connectivity index (χ2v) is 6.96. The maximum Gasteiger partial charge on any atom is 0.240 e. The molecule has 1 atom stereocenters. The van der Waals surface area contributed by atoms with Gasteiger partial charge in [0.15, 0.2) is 10.6 Å². The monoisotopic (exact) mass is 396 g/mol. The lowest BCUT2D eigenvalue weighted by Crippen LogP contribution is -2.31. The lowest BCUT2D eigenvalue weighted by atomic mass is 10.0. The van der Waals surface area contributed by atoms with E-state index in [-0.39, 0.29) is 18.5 Å². The van der Waals surface area contributed by atoms with E-state index in [1.54, 1.807) is 11.7 Å². The summed E-state index contributed by atoms with van der Waals surface area (Å²) in [5, 5.41) is 10.2. The Balaban J connectivity index is 1.81. The molecule has 146 valence electrons. The van der Waals surface area contributed by atoms with Crippen LogP contribution in [0.2, 0.25) is 0 Å². The highest BCUT2D eigenvalue weighted by Gasteiger charge is 2.18. The SMILES string of the molecule is CCC(NC(=O)Cn1c(-c2ccc(C)cc2)n[nH]c1=S)c1ccccc1OC. The summed E-state index contributed by atoms with van der Waals surface area (Å²) in [4.78, 5) is 12.8. The van der Waals surface area contributed by atoms with Crippen LogP contribution in [0.5, 0.6) is 5.75 Å². The van der Waals surface area contributed by atoms with Crippen molar-refractivity contribution in [1.82, 2.24) is 20.1 Å². The molecule has 3 rings (SSSR count). The van der Waals surface area contributed by atoms with Gasteiger partial charge in [-0.1, -0.05) is 55.0 Å². The van der Waals surface area contributed by atoms with Crippen LogP contribution < -0.4 is 10.1 Å². The Kier molecular flexibility index (Phi) is 6.26. The molecule has 2 N–H and O–H groups in total. The van der Waals surface area contributed by atoms with Crippen molar-refractivity contribution in [2.24, 2.45) is 0 Å². The second-order valence-electron chi connectivity index (χ2n) is 6.57. The fraction of sp³-hybridized carbons (Fsp3) is 0.286.